The van der Waals surface area contributed by atoms with Gasteiger partial charge in [0.05, 0.1) is 23.8 Å². The van der Waals surface area contributed by atoms with E-state index in [1.54, 1.807) is 12.1 Å². The third-order valence-electron chi connectivity index (χ3n) is 4.40. The third-order valence-corrected chi connectivity index (χ3v) is 6.25. The van der Waals surface area contributed by atoms with Crippen molar-refractivity contribution in [2.75, 3.05) is 11.8 Å². The van der Waals surface area contributed by atoms with Gasteiger partial charge in [-0.2, -0.15) is 0 Å². The Kier molecular flexibility index (Phi) is 4.60. The predicted molar refractivity (Wildman–Crippen MR) is 107 cm³/mol. The predicted octanol–water partition coefficient (Wildman–Crippen LogP) is 3.41. The molecule has 0 bridgehead atoms. The fourth-order valence-corrected chi connectivity index (χ4v) is 4.62. The summed E-state index contributed by atoms with van der Waals surface area (Å²) in [5.74, 6) is -1.25. The number of furan rings is 1. The van der Waals surface area contributed by atoms with Gasteiger partial charge in [-0.15, -0.1) is 0 Å². The molecule has 1 aromatic heterocycles. The zero-order chi connectivity index (χ0) is 20.8. The molecule has 0 amide bonds. The molecule has 0 aliphatic rings. The molecular formula is C20H13ClNO6S-. The Morgan fingerprint density at radius 1 is 1.07 bits per heavy atom. The maximum atomic E-state index is 12.9. The molecule has 0 atom stereocenters. The number of carboxylic acids is 1. The van der Waals surface area contributed by atoms with Crippen molar-refractivity contribution in [1.82, 2.24) is 0 Å². The molecule has 0 saturated heterocycles. The van der Waals surface area contributed by atoms with Gasteiger partial charge in [-0.05, 0) is 29.8 Å². The van der Waals surface area contributed by atoms with Crippen LogP contribution in [0.15, 0.2) is 63.9 Å². The largest absolute Gasteiger partial charge is 0.545 e. The maximum absolute atomic E-state index is 12.9. The number of halogens is 1. The van der Waals surface area contributed by atoms with Gasteiger partial charge in [-0.3, -0.25) is 4.72 Å². The number of carbonyl (C=O) groups is 1. The number of hydrogen-bond acceptors (Lipinski definition) is 6. The number of methoxy groups -OCH3 is 1. The third kappa shape index (κ3) is 3.37. The van der Waals surface area contributed by atoms with E-state index in [1.807, 2.05) is 18.2 Å². The van der Waals surface area contributed by atoms with Crippen LogP contribution in [0.1, 0.15) is 10.4 Å². The van der Waals surface area contributed by atoms with Gasteiger partial charge in [-0.1, -0.05) is 35.9 Å². The number of benzene rings is 3. The Hall–Kier alpha value is -3.23. The number of carboxylic acid groups (broad SMARTS) is 1. The van der Waals surface area contributed by atoms with Crippen LogP contribution in [0.3, 0.4) is 0 Å². The average Bonchev–Trinajstić information content (AvgIpc) is 3.04. The first-order valence-corrected chi connectivity index (χ1v) is 10.2. The fourth-order valence-electron chi connectivity index (χ4n) is 3.04. The van der Waals surface area contributed by atoms with E-state index in [2.05, 4.69) is 4.72 Å². The standard InChI is InChI=1S/C20H14ClNO6S/c1-27-18-9-13-12-4-2-3-5-16(12)28-17(13)10-15(18)22-29(25,26)19-8-11(20(23)24)6-7-14(19)21/h2-10,22H,1H3,(H,23,24)/p-1. The van der Waals surface area contributed by atoms with Gasteiger partial charge in [0.2, 0.25) is 0 Å². The molecule has 148 valence electrons. The van der Waals surface area contributed by atoms with Crippen LogP contribution in [0, 0.1) is 0 Å². The van der Waals surface area contributed by atoms with Crippen LogP contribution < -0.4 is 14.6 Å². The molecule has 0 aliphatic carbocycles. The first-order chi connectivity index (χ1) is 13.8. The summed E-state index contributed by atoms with van der Waals surface area (Å²) in [4.78, 5) is 10.7. The Morgan fingerprint density at radius 3 is 2.55 bits per heavy atom. The highest BCUT2D eigenvalue weighted by atomic mass is 35.5. The molecule has 0 aliphatic heterocycles. The van der Waals surface area contributed by atoms with Gasteiger partial charge in [0.15, 0.2) is 0 Å². The molecule has 4 rings (SSSR count). The maximum Gasteiger partial charge on any atom is 0.263 e. The van der Waals surface area contributed by atoms with Crippen LogP contribution in [0.5, 0.6) is 5.75 Å². The Bertz CT molecular complexity index is 1380. The van der Waals surface area contributed by atoms with Crippen LogP contribution in [0.25, 0.3) is 21.9 Å². The summed E-state index contributed by atoms with van der Waals surface area (Å²) < 4.78 is 39.3. The normalized spacial score (nSPS) is 11.7. The smallest absolute Gasteiger partial charge is 0.263 e. The molecule has 7 nitrogen and oxygen atoms in total. The van der Waals surface area contributed by atoms with E-state index in [0.29, 0.717) is 11.2 Å². The van der Waals surface area contributed by atoms with Crippen molar-refractivity contribution in [3.63, 3.8) is 0 Å². The highest BCUT2D eigenvalue weighted by Gasteiger charge is 2.22. The Morgan fingerprint density at radius 2 is 1.83 bits per heavy atom. The SMILES string of the molecule is COc1cc2c(cc1NS(=O)(=O)c1cc(C(=O)[O-])ccc1Cl)oc1ccccc12. The summed E-state index contributed by atoms with van der Waals surface area (Å²) in [5, 5.41) is 12.6. The number of sulfonamides is 1. The van der Waals surface area contributed by atoms with Crippen molar-refractivity contribution < 1.29 is 27.5 Å². The lowest BCUT2D eigenvalue weighted by Gasteiger charge is -2.14. The first-order valence-electron chi connectivity index (χ1n) is 8.33. The summed E-state index contributed by atoms with van der Waals surface area (Å²) in [7, 11) is -2.82. The van der Waals surface area contributed by atoms with Gasteiger partial charge in [0.25, 0.3) is 10.0 Å². The molecule has 0 unspecified atom stereocenters. The molecule has 0 saturated carbocycles. The quantitative estimate of drug-likeness (QED) is 0.519. The minimum absolute atomic E-state index is 0.119. The molecule has 0 spiro atoms. The zero-order valence-corrected chi connectivity index (χ0v) is 16.5. The minimum atomic E-state index is -4.23. The summed E-state index contributed by atoms with van der Waals surface area (Å²) in [5.41, 5.74) is 0.914. The number of hydrogen-bond donors (Lipinski definition) is 1. The average molecular weight is 431 g/mol. The van der Waals surface area contributed by atoms with Crippen molar-refractivity contribution in [2.24, 2.45) is 0 Å². The van der Waals surface area contributed by atoms with Gasteiger partial charge < -0.3 is 19.1 Å². The number of para-hydroxylation sites is 1. The van der Waals surface area contributed by atoms with Gasteiger partial charge in [0.1, 0.15) is 21.8 Å². The number of ether oxygens (including phenoxy) is 1. The lowest BCUT2D eigenvalue weighted by molar-refractivity contribution is -0.255. The first kappa shape index (κ1) is 19.1. The highest BCUT2D eigenvalue weighted by molar-refractivity contribution is 7.92. The molecular weight excluding hydrogens is 418 g/mol. The van der Waals surface area contributed by atoms with E-state index in [9.17, 15) is 18.3 Å². The van der Waals surface area contributed by atoms with Gasteiger partial charge in [0, 0.05) is 16.8 Å². The van der Waals surface area contributed by atoms with Gasteiger partial charge in [-0.25, -0.2) is 8.42 Å². The van der Waals surface area contributed by atoms with Crippen LogP contribution in [-0.4, -0.2) is 21.5 Å². The molecule has 0 fully saturated rings. The van der Waals surface area contributed by atoms with Crippen molar-refractivity contribution >= 4 is 55.2 Å². The Balaban J connectivity index is 1.83. The number of anilines is 1. The molecule has 0 radical (unpaired) electrons. The summed E-state index contributed by atoms with van der Waals surface area (Å²) in [6.45, 7) is 0. The van der Waals surface area contributed by atoms with E-state index in [-0.39, 0.29) is 22.0 Å². The molecule has 4 aromatic rings. The fraction of sp³-hybridized carbons (Fsp3) is 0.0500. The second kappa shape index (κ2) is 6.98. The monoisotopic (exact) mass is 430 g/mol. The number of fused-ring (bicyclic) bond motifs is 3. The van der Waals surface area contributed by atoms with Crippen molar-refractivity contribution in [3.8, 4) is 5.75 Å². The van der Waals surface area contributed by atoms with Crippen LogP contribution in [0.2, 0.25) is 5.02 Å². The molecule has 29 heavy (non-hydrogen) atoms. The summed E-state index contributed by atoms with van der Waals surface area (Å²) >= 11 is 5.99. The lowest BCUT2D eigenvalue weighted by atomic mass is 10.1. The molecule has 1 heterocycles. The molecule has 9 heteroatoms. The second-order valence-corrected chi connectivity index (χ2v) is 8.24. The topological polar surface area (TPSA) is 109 Å². The Labute approximate surface area is 170 Å². The van der Waals surface area contributed by atoms with Crippen LogP contribution in [0.4, 0.5) is 5.69 Å². The van der Waals surface area contributed by atoms with Crippen LogP contribution >= 0.6 is 11.6 Å². The molecule has 1 N–H and O–H groups in total. The number of rotatable bonds is 5. The van der Waals surface area contributed by atoms with Crippen LogP contribution in [-0.2, 0) is 10.0 Å². The second-order valence-electron chi connectivity index (χ2n) is 6.19. The molecule has 3 aromatic carbocycles. The summed E-state index contributed by atoms with van der Waals surface area (Å²) in [6.07, 6.45) is 0. The van der Waals surface area contributed by atoms with E-state index in [4.69, 9.17) is 20.8 Å². The van der Waals surface area contributed by atoms with E-state index >= 15 is 0 Å². The van der Waals surface area contributed by atoms with Crippen molar-refractivity contribution in [3.05, 3.63) is 65.2 Å². The number of nitrogens with one attached hydrogen (secondary N) is 1. The number of aromatic carboxylic acids is 1. The minimum Gasteiger partial charge on any atom is -0.545 e. The van der Waals surface area contributed by atoms with E-state index in [0.717, 1.165) is 22.9 Å². The van der Waals surface area contributed by atoms with Gasteiger partial charge >= 0.3 is 0 Å². The van der Waals surface area contributed by atoms with E-state index in [1.165, 1.54) is 19.2 Å². The highest BCUT2D eigenvalue weighted by Crippen LogP contribution is 2.37. The van der Waals surface area contributed by atoms with Crippen molar-refractivity contribution in [1.29, 1.82) is 0 Å². The lowest BCUT2D eigenvalue weighted by Crippen LogP contribution is -2.23. The summed E-state index contributed by atoms with van der Waals surface area (Å²) in [6, 6.07) is 13.8. The number of carbonyl (C=O) groups excluding carboxylic acids is 1. The van der Waals surface area contributed by atoms with E-state index < -0.39 is 20.9 Å². The van der Waals surface area contributed by atoms with Crippen molar-refractivity contribution in [2.45, 2.75) is 4.90 Å². The zero-order valence-electron chi connectivity index (χ0n) is 14.9.